The van der Waals surface area contributed by atoms with E-state index >= 15 is 4.39 Å². The summed E-state index contributed by atoms with van der Waals surface area (Å²) in [6.45, 7) is 0. The summed E-state index contributed by atoms with van der Waals surface area (Å²) in [5.41, 5.74) is -0.463. The van der Waals surface area contributed by atoms with E-state index in [4.69, 9.17) is 0 Å². The lowest BCUT2D eigenvalue weighted by Gasteiger charge is -2.52. The number of nitriles is 1. The Kier molecular flexibility index (Phi) is 5.45. The highest BCUT2D eigenvalue weighted by atomic mass is 32.2. The number of rotatable bonds is 6. The summed E-state index contributed by atoms with van der Waals surface area (Å²) in [6.07, 6.45) is 4.35. The monoisotopic (exact) mass is 499 g/mol. The Balaban J connectivity index is 1.32. The van der Waals surface area contributed by atoms with Gasteiger partial charge in [-0.05, 0) is 25.0 Å². The van der Waals surface area contributed by atoms with Crippen molar-refractivity contribution in [3.8, 4) is 6.07 Å². The minimum Gasteiger partial charge on any atom is -0.381 e. The van der Waals surface area contributed by atoms with Gasteiger partial charge in [0.2, 0.25) is 10.0 Å². The zero-order chi connectivity index (χ0) is 25.0. The van der Waals surface area contributed by atoms with Gasteiger partial charge in [-0.3, -0.25) is 15.0 Å². The van der Waals surface area contributed by atoms with Gasteiger partial charge in [0, 0.05) is 48.8 Å². The highest BCUT2D eigenvalue weighted by Crippen LogP contribution is 2.55. The number of carbonyl (C=O) groups excluding carboxylic acids is 2. The Morgan fingerprint density at radius 2 is 2.06 bits per heavy atom. The maximum absolute atomic E-state index is 15.1. The molecule has 2 fully saturated rings. The van der Waals surface area contributed by atoms with Crippen molar-refractivity contribution in [1.29, 1.82) is 5.26 Å². The van der Waals surface area contributed by atoms with Gasteiger partial charge in [0.05, 0.1) is 17.5 Å². The number of pyridine rings is 2. The normalized spacial score (nSPS) is 26.4. The highest BCUT2D eigenvalue weighted by Gasteiger charge is 2.57. The first-order valence-electron chi connectivity index (χ1n) is 11.0. The van der Waals surface area contributed by atoms with Crippen molar-refractivity contribution in [3.05, 3.63) is 41.2 Å². The van der Waals surface area contributed by atoms with E-state index < -0.39 is 27.8 Å². The van der Waals surface area contributed by atoms with Crippen LogP contribution in [-0.4, -0.2) is 55.1 Å². The first-order chi connectivity index (χ1) is 16.6. The Morgan fingerprint density at radius 1 is 1.31 bits per heavy atom. The number of aromatic nitrogens is 2. The van der Waals surface area contributed by atoms with Gasteiger partial charge >= 0.3 is 6.03 Å². The number of anilines is 3. The molecule has 0 unspecified atom stereocenters. The van der Waals surface area contributed by atoms with E-state index in [9.17, 15) is 23.3 Å². The molecule has 2 bridgehead atoms. The lowest BCUT2D eigenvalue weighted by Crippen LogP contribution is -2.60. The largest absolute Gasteiger partial charge is 0.381 e. The Labute approximate surface area is 200 Å². The molecule has 11 nitrogen and oxygen atoms in total. The predicted molar refractivity (Wildman–Crippen MR) is 124 cm³/mol. The number of hydrogen-bond donors (Lipinski definition) is 3. The van der Waals surface area contributed by atoms with E-state index in [0.29, 0.717) is 24.8 Å². The maximum Gasteiger partial charge on any atom is 0.328 e. The second kappa shape index (κ2) is 8.24. The van der Waals surface area contributed by atoms with Crippen LogP contribution in [0, 0.1) is 11.3 Å². The zero-order valence-electron chi connectivity index (χ0n) is 18.7. The Bertz CT molecular complexity index is 1360. The van der Waals surface area contributed by atoms with Gasteiger partial charge < -0.3 is 5.32 Å². The van der Waals surface area contributed by atoms with E-state index in [2.05, 4.69) is 25.3 Å². The molecule has 2 amide bonds. The molecule has 2 aliphatic heterocycles. The van der Waals surface area contributed by atoms with E-state index in [0.717, 1.165) is 6.26 Å². The van der Waals surface area contributed by atoms with Crippen LogP contribution in [0.25, 0.3) is 0 Å². The number of nitrogens with one attached hydrogen (secondary N) is 3. The molecule has 13 heteroatoms. The van der Waals surface area contributed by atoms with Crippen molar-refractivity contribution in [2.45, 2.75) is 49.5 Å². The van der Waals surface area contributed by atoms with E-state index in [-0.39, 0.29) is 53.4 Å². The topological polar surface area (TPSA) is 157 Å². The Morgan fingerprint density at radius 3 is 2.71 bits per heavy atom. The third-order valence-corrected chi connectivity index (χ3v) is 7.33. The number of aldehydes is 1. The second-order valence-electron chi connectivity index (χ2n) is 9.18. The summed E-state index contributed by atoms with van der Waals surface area (Å²) in [7, 11) is -3.30. The van der Waals surface area contributed by atoms with Crippen LogP contribution in [0.1, 0.15) is 47.3 Å². The minimum absolute atomic E-state index is 0.0557. The number of nitrogens with zero attached hydrogens (tertiary/aromatic N) is 4. The Hall–Kier alpha value is -3.63. The molecule has 4 heterocycles. The average Bonchev–Trinajstić information content (AvgIpc) is 2.75. The zero-order valence-corrected chi connectivity index (χ0v) is 19.5. The molecule has 0 saturated heterocycles. The van der Waals surface area contributed by atoms with Crippen molar-refractivity contribution < 1.29 is 22.4 Å². The van der Waals surface area contributed by atoms with Gasteiger partial charge in [-0.2, -0.15) is 5.26 Å². The van der Waals surface area contributed by atoms with E-state index in [1.807, 2.05) is 6.07 Å². The number of hydrogen-bond acceptors (Lipinski definition) is 8. The fourth-order valence-electron chi connectivity index (χ4n) is 4.84. The van der Waals surface area contributed by atoms with Crippen molar-refractivity contribution in [2.24, 2.45) is 0 Å². The molecule has 2 aromatic rings. The summed E-state index contributed by atoms with van der Waals surface area (Å²) in [5, 5.41) is 15.3. The van der Waals surface area contributed by atoms with Gasteiger partial charge in [-0.15, -0.1) is 0 Å². The van der Waals surface area contributed by atoms with Crippen LogP contribution in [-0.2, 0) is 15.7 Å². The van der Waals surface area contributed by atoms with Gasteiger partial charge in [0.15, 0.2) is 6.29 Å². The highest BCUT2D eigenvalue weighted by molar-refractivity contribution is 7.88. The lowest BCUT2D eigenvalue weighted by atomic mass is 9.69. The molecule has 35 heavy (non-hydrogen) atoms. The first-order valence-corrected chi connectivity index (χ1v) is 12.9. The molecule has 0 radical (unpaired) electrons. The predicted octanol–water partition coefficient (Wildman–Crippen LogP) is 2.03. The first kappa shape index (κ1) is 23.1. The molecule has 3 N–H and O–H groups in total. The summed E-state index contributed by atoms with van der Waals surface area (Å²) in [4.78, 5) is 34.0. The molecule has 182 valence electrons. The van der Waals surface area contributed by atoms with Gasteiger partial charge in [-0.1, -0.05) is 0 Å². The molecule has 0 atom stereocenters. The van der Waals surface area contributed by atoms with Crippen molar-refractivity contribution in [3.63, 3.8) is 0 Å². The number of amides is 2. The average molecular weight is 500 g/mol. The maximum atomic E-state index is 15.1. The van der Waals surface area contributed by atoms with Crippen molar-refractivity contribution in [2.75, 3.05) is 21.8 Å². The van der Waals surface area contributed by atoms with Crippen LogP contribution < -0.4 is 20.3 Å². The molecular weight excluding hydrogens is 477 g/mol. The summed E-state index contributed by atoms with van der Waals surface area (Å²) < 4.78 is 40.3. The number of urea groups is 1. The van der Waals surface area contributed by atoms with Crippen LogP contribution in [0.2, 0.25) is 0 Å². The SMILES string of the molecule is CS(=O)(=O)NC1CC(Nc2cc(NC(=O)N3c4nc(C=O)ccc4C4(F)CC3C4)ncc2C#N)C1. The van der Waals surface area contributed by atoms with E-state index in [1.165, 1.54) is 29.3 Å². The van der Waals surface area contributed by atoms with Crippen LogP contribution in [0.5, 0.6) is 0 Å². The standard InChI is InChI=1S/C22H22FN7O4S/c1-35(33,34)29-15-4-14(5-15)26-18-6-19(25-10-12(18)9-24)28-21(32)30-16-7-22(23,8-16)17-3-2-13(11-31)27-20(17)30/h2-3,6,10-11,14-16,29H,4-5,7-8H2,1H3,(H2,25,26,28,32). The third kappa shape index (κ3) is 4.30. The number of alkyl halides is 1. The molecular formula is C22H22FN7O4S. The van der Waals surface area contributed by atoms with E-state index in [1.54, 1.807) is 0 Å². The molecule has 2 aliphatic carbocycles. The minimum atomic E-state index is -3.30. The number of sulfonamides is 1. The van der Waals surface area contributed by atoms with Gasteiger partial charge in [0.1, 0.15) is 29.1 Å². The summed E-state index contributed by atoms with van der Waals surface area (Å²) in [5.74, 6) is 0.286. The van der Waals surface area contributed by atoms with Crippen LogP contribution in [0.3, 0.4) is 0 Å². The van der Waals surface area contributed by atoms with Crippen LogP contribution in [0.15, 0.2) is 24.4 Å². The van der Waals surface area contributed by atoms with Crippen LogP contribution in [0.4, 0.5) is 26.5 Å². The summed E-state index contributed by atoms with van der Waals surface area (Å²) in [6, 6.07) is 5.28. The number of carbonyl (C=O) groups is 2. The third-order valence-electron chi connectivity index (χ3n) is 6.57. The number of halogens is 1. The molecule has 2 aromatic heterocycles. The quantitative estimate of drug-likeness (QED) is 0.510. The molecule has 6 rings (SSSR count). The fraction of sp³-hybridized carbons (Fsp3) is 0.409. The molecule has 2 saturated carbocycles. The second-order valence-corrected chi connectivity index (χ2v) is 11.0. The smallest absolute Gasteiger partial charge is 0.328 e. The molecule has 0 spiro atoms. The van der Waals surface area contributed by atoms with Gasteiger partial charge in [-0.25, -0.2) is 32.3 Å². The van der Waals surface area contributed by atoms with Crippen molar-refractivity contribution in [1.82, 2.24) is 14.7 Å². The van der Waals surface area contributed by atoms with Crippen LogP contribution >= 0.6 is 0 Å². The summed E-state index contributed by atoms with van der Waals surface area (Å²) >= 11 is 0. The lowest BCUT2D eigenvalue weighted by molar-refractivity contribution is 0.0284. The molecule has 0 aromatic carbocycles. The van der Waals surface area contributed by atoms with Gasteiger partial charge in [0.25, 0.3) is 0 Å². The fourth-order valence-corrected chi connectivity index (χ4v) is 5.64. The molecule has 4 aliphatic rings. The van der Waals surface area contributed by atoms with Crippen molar-refractivity contribution >= 4 is 39.7 Å².